The smallest absolute Gasteiger partial charge is 0.379 e. The maximum atomic E-state index is 13.2. The van der Waals surface area contributed by atoms with Crippen LogP contribution in [0.1, 0.15) is 11.4 Å². The number of nitrogens with zero attached hydrogens (tertiary/aromatic N) is 3. The number of hydrogen-bond acceptors (Lipinski definition) is 5. The molecule has 2 aromatic rings. The minimum Gasteiger partial charge on any atom is -0.379 e. The van der Waals surface area contributed by atoms with E-state index in [9.17, 15) is 21.6 Å². The average Bonchev–Trinajstić information content (AvgIpc) is 3.01. The highest BCUT2D eigenvalue weighted by Crippen LogP contribution is 2.34. The summed E-state index contributed by atoms with van der Waals surface area (Å²) in [6.45, 7) is 2.31. The van der Waals surface area contributed by atoms with Crippen molar-refractivity contribution in [1.29, 1.82) is 0 Å². The first-order chi connectivity index (χ1) is 12.1. The highest BCUT2D eigenvalue weighted by molar-refractivity contribution is 7.90. The lowest BCUT2D eigenvalue weighted by atomic mass is 10.1. The number of H-pyrrole nitrogens is 1. The van der Waals surface area contributed by atoms with Gasteiger partial charge in [-0.3, -0.25) is 9.82 Å². The minimum absolute atomic E-state index is 0.0421. The lowest BCUT2D eigenvalue weighted by Crippen LogP contribution is -2.43. The van der Waals surface area contributed by atoms with Crippen LogP contribution in [0.25, 0.3) is 11.4 Å². The van der Waals surface area contributed by atoms with Gasteiger partial charge in [-0.2, -0.15) is 31.0 Å². The van der Waals surface area contributed by atoms with Crippen LogP contribution in [0.4, 0.5) is 18.9 Å². The molecule has 1 aromatic heterocycles. The van der Waals surface area contributed by atoms with E-state index < -0.39 is 21.9 Å². The highest BCUT2D eigenvalue weighted by Gasteiger charge is 2.32. The molecule has 0 unspecified atom stereocenters. The van der Waals surface area contributed by atoms with Gasteiger partial charge in [0.25, 0.3) is 0 Å². The second-order valence-electron chi connectivity index (χ2n) is 5.66. The molecule has 1 aliphatic rings. The number of anilines is 1. The Morgan fingerprint density at radius 2 is 1.92 bits per heavy atom. The van der Waals surface area contributed by atoms with Crippen molar-refractivity contribution in [3.63, 3.8) is 0 Å². The maximum absolute atomic E-state index is 13.2. The molecule has 0 radical (unpaired) electrons. The van der Waals surface area contributed by atoms with Gasteiger partial charge in [-0.25, -0.2) is 4.98 Å². The summed E-state index contributed by atoms with van der Waals surface area (Å²) >= 11 is 0. The molecule has 8 nitrogen and oxygen atoms in total. The van der Waals surface area contributed by atoms with Gasteiger partial charge in [0.15, 0.2) is 5.82 Å². The maximum Gasteiger partial charge on any atom is 0.416 e. The van der Waals surface area contributed by atoms with Crippen LogP contribution in [0.2, 0.25) is 0 Å². The molecule has 1 aromatic carbocycles. The average molecular weight is 391 g/mol. The van der Waals surface area contributed by atoms with Gasteiger partial charge in [0.05, 0.1) is 24.5 Å². The van der Waals surface area contributed by atoms with Crippen molar-refractivity contribution in [3.8, 4) is 11.4 Å². The number of alkyl halides is 3. The molecule has 0 aliphatic carbocycles. The van der Waals surface area contributed by atoms with Gasteiger partial charge >= 0.3 is 16.4 Å². The van der Waals surface area contributed by atoms with E-state index in [-0.39, 0.29) is 43.4 Å². The number of aromatic nitrogens is 3. The van der Waals surface area contributed by atoms with Gasteiger partial charge in [0, 0.05) is 18.7 Å². The van der Waals surface area contributed by atoms with Crippen LogP contribution < -0.4 is 4.72 Å². The molecule has 0 saturated carbocycles. The van der Waals surface area contributed by atoms with Crippen molar-refractivity contribution in [2.75, 3.05) is 31.0 Å². The zero-order chi connectivity index (χ0) is 18.9. The number of halogens is 3. The number of aryl methyl sites for hydroxylation is 1. The molecule has 3 rings (SSSR count). The van der Waals surface area contributed by atoms with E-state index in [1.54, 1.807) is 6.92 Å². The zero-order valence-corrected chi connectivity index (χ0v) is 14.5. The van der Waals surface area contributed by atoms with Gasteiger partial charge in [0.2, 0.25) is 0 Å². The fourth-order valence-electron chi connectivity index (χ4n) is 2.45. The van der Waals surface area contributed by atoms with E-state index >= 15 is 0 Å². The molecule has 26 heavy (non-hydrogen) atoms. The Morgan fingerprint density at radius 3 is 2.50 bits per heavy atom. The van der Waals surface area contributed by atoms with Crippen molar-refractivity contribution in [2.45, 2.75) is 13.1 Å². The predicted molar refractivity (Wildman–Crippen MR) is 86.5 cm³/mol. The number of nitrogens with one attached hydrogen (secondary N) is 2. The SMILES string of the molecule is Cc1nc(-c2cc(NS(=O)(=O)N3CCOCC3)cc(C(F)(F)F)c2)n[nH]1. The summed E-state index contributed by atoms with van der Waals surface area (Å²) in [7, 11) is -4.01. The number of rotatable bonds is 4. The summed E-state index contributed by atoms with van der Waals surface area (Å²) in [5.74, 6) is 0.466. The van der Waals surface area contributed by atoms with Gasteiger partial charge in [-0.05, 0) is 25.1 Å². The van der Waals surface area contributed by atoms with Crippen LogP contribution in [0.5, 0.6) is 0 Å². The fraction of sp³-hybridized carbons (Fsp3) is 0.429. The highest BCUT2D eigenvalue weighted by atomic mass is 32.2. The molecule has 1 aliphatic heterocycles. The normalized spacial score (nSPS) is 16.6. The van der Waals surface area contributed by atoms with Crippen LogP contribution in [0, 0.1) is 6.92 Å². The monoisotopic (exact) mass is 391 g/mol. The third-order valence-corrected chi connectivity index (χ3v) is 5.21. The summed E-state index contributed by atoms with van der Waals surface area (Å²) in [5, 5.41) is 6.37. The van der Waals surface area contributed by atoms with Crippen molar-refractivity contribution in [1.82, 2.24) is 19.5 Å². The number of aromatic amines is 1. The van der Waals surface area contributed by atoms with Crippen molar-refractivity contribution in [3.05, 3.63) is 29.6 Å². The lowest BCUT2D eigenvalue weighted by Gasteiger charge is -2.26. The van der Waals surface area contributed by atoms with Gasteiger partial charge in [-0.15, -0.1) is 0 Å². The largest absolute Gasteiger partial charge is 0.416 e. The Hall–Kier alpha value is -2.18. The molecule has 0 bridgehead atoms. The number of morpholine rings is 1. The third kappa shape index (κ3) is 4.14. The lowest BCUT2D eigenvalue weighted by molar-refractivity contribution is -0.137. The Kier molecular flexibility index (Phi) is 4.90. The molecule has 2 heterocycles. The summed E-state index contributed by atoms with van der Waals surface area (Å²) in [5.41, 5.74) is -1.18. The molecular weight excluding hydrogens is 375 g/mol. The van der Waals surface area contributed by atoms with Crippen molar-refractivity contribution in [2.24, 2.45) is 0 Å². The van der Waals surface area contributed by atoms with E-state index in [0.29, 0.717) is 5.82 Å². The van der Waals surface area contributed by atoms with Crippen LogP contribution in [0.15, 0.2) is 18.2 Å². The molecule has 1 saturated heterocycles. The van der Waals surface area contributed by atoms with Gasteiger partial charge < -0.3 is 4.74 Å². The van der Waals surface area contributed by atoms with Crippen molar-refractivity contribution < 1.29 is 26.3 Å². The molecule has 142 valence electrons. The summed E-state index contributed by atoms with van der Waals surface area (Å²) in [6.07, 6.45) is -4.65. The van der Waals surface area contributed by atoms with E-state index in [1.165, 1.54) is 6.07 Å². The van der Waals surface area contributed by atoms with Crippen LogP contribution in [-0.4, -0.2) is 54.2 Å². The number of benzene rings is 1. The molecule has 1 fully saturated rings. The summed E-state index contributed by atoms with van der Waals surface area (Å²) < 4.78 is 72.8. The molecular formula is C14H16F3N5O3S. The fourth-order valence-corrected chi connectivity index (χ4v) is 3.63. The Morgan fingerprint density at radius 1 is 1.23 bits per heavy atom. The van der Waals surface area contributed by atoms with Crippen LogP contribution in [0.3, 0.4) is 0 Å². The van der Waals surface area contributed by atoms with E-state index in [1.807, 2.05) is 0 Å². The first kappa shape index (κ1) is 18.6. The molecule has 2 N–H and O–H groups in total. The Balaban J connectivity index is 1.98. The van der Waals surface area contributed by atoms with Gasteiger partial charge in [0.1, 0.15) is 5.82 Å². The first-order valence-corrected chi connectivity index (χ1v) is 9.06. The Bertz CT molecular complexity index is 891. The second-order valence-corrected chi connectivity index (χ2v) is 7.33. The quantitative estimate of drug-likeness (QED) is 0.828. The topological polar surface area (TPSA) is 100 Å². The minimum atomic E-state index is -4.65. The van der Waals surface area contributed by atoms with Crippen LogP contribution in [-0.2, 0) is 21.1 Å². The van der Waals surface area contributed by atoms with Crippen molar-refractivity contribution >= 4 is 15.9 Å². The summed E-state index contributed by atoms with van der Waals surface area (Å²) in [6, 6.07) is 2.87. The van der Waals surface area contributed by atoms with E-state index in [4.69, 9.17) is 4.74 Å². The zero-order valence-electron chi connectivity index (χ0n) is 13.7. The molecule has 0 amide bonds. The first-order valence-electron chi connectivity index (χ1n) is 7.62. The standard InChI is InChI=1S/C14H16F3N5O3S/c1-9-18-13(20-19-9)10-6-11(14(15,16)17)8-12(7-10)21-26(23,24)22-2-4-25-5-3-22/h6-8,21H,2-5H2,1H3,(H,18,19,20). The predicted octanol–water partition coefficient (Wildman–Crippen LogP) is 1.79. The Labute approximate surface area is 147 Å². The van der Waals surface area contributed by atoms with E-state index in [0.717, 1.165) is 16.4 Å². The molecule has 0 atom stereocenters. The van der Waals surface area contributed by atoms with Crippen LogP contribution >= 0.6 is 0 Å². The number of ether oxygens (including phenoxy) is 1. The van der Waals surface area contributed by atoms with Gasteiger partial charge in [-0.1, -0.05) is 0 Å². The number of hydrogen-bond donors (Lipinski definition) is 2. The third-order valence-electron chi connectivity index (χ3n) is 3.67. The van der Waals surface area contributed by atoms with E-state index in [2.05, 4.69) is 19.9 Å². The molecule has 12 heteroatoms. The second kappa shape index (κ2) is 6.85. The summed E-state index contributed by atoms with van der Waals surface area (Å²) in [4.78, 5) is 3.99. The molecule has 0 spiro atoms.